The zero-order chi connectivity index (χ0) is 36.2. The van der Waals surface area contributed by atoms with Gasteiger partial charge in [0.2, 0.25) is 5.91 Å². The van der Waals surface area contributed by atoms with Gasteiger partial charge in [-0.15, -0.1) is 5.92 Å². The van der Waals surface area contributed by atoms with Crippen molar-refractivity contribution in [3.05, 3.63) is 108 Å². The van der Waals surface area contributed by atoms with Crippen LogP contribution < -0.4 is 5.73 Å². The summed E-state index contributed by atoms with van der Waals surface area (Å²) in [4.78, 5) is 35.6. The second kappa shape index (κ2) is 13.5. The first-order valence-electron chi connectivity index (χ1n) is 18.5. The normalized spacial score (nSPS) is 19.8. The van der Waals surface area contributed by atoms with Crippen LogP contribution in [0.25, 0.3) is 54.7 Å². The van der Waals surface area contributed by atoms with Crippen molar-refractivity contribution in [2.75, 3.05) is 33.9 Å². The smallest absolute Gasteiger partial charge is 0.244 e. The maximum absolute atomic E-state index is 13.9. The summed E-state index contributed by atoms with van der Waals surface area (Å²) in [7, 11) is 3.88. The van der Waals surface area contributed by atoms with Gasteiger partial charge in [-0.3, -0.25) is 9.69 Å². The summed E-state index contributed by atoms with van der Waals surface area (Å²) in [6, 6.07) is 28.5. The van der Waals surface area contributed by atoms with E-state index in [9.17, 15) is 4.79 Å². The van der Waals surface area contributed by atoms with Gasteiger partial charge in [-0.2, -0.15) is 0 Å². The molecule has 0 spiro atoms. The third kappa shape index (κ3) is 5.84. The fourth-order valence-corrected chi connectivity index (χ4v) is 8.66. The number of rotatable bonds is 7. The molecule has 4 atom stereocenters. The first kappa shape index (κ1) is 33.3. The van der Waals surface area contributed by atoms with Crippen molar-refractivity contribution in [3.63, 3.8) is 0 Å². The molecule has 4 N–H and O–H groups in total. The van der Waals surface area contributed by atoms with E-state index in [0.717, 1.165) is 96.9 Å². The van der Waals surface area contributed by atoms with Crippen LogP contribution in [0.3, 0.4) is 0 Å². The van der Waals surface area contributed by atoms with E-state index in [0.29, 0.717) is 19.2 Å². The predicted molar refractivity (Wildman–Crippen MR) is 211 cm³/mol. The van der Waals surface area contributed by atoms with E-state index in [2.05, 4.69) is 88.4 Å². The molecule has 53 heavy (non-hydrogen) atoms. The van der Waals surface area contributed by atoms with E-state index in [1.165, 1.54) is 6.42 Å². The number of H-pyrrole nitrogens is 2. The number of imidazole rings is 2. The second-order valence-electron chi connectivity index (χ2n) is 14.7. The Morgan fingerprint density at radius 1 is 0.906 bits per heavy atom. The average molecular weight is 702 g/mol. The molecule has 0 radical (unpaired) electrons. The summed E-state index contributed by atoms with van der Waals surface area (Å²) >= 11 is 0. The van der Waals surface area contributed by atoms with Crippen LogP contribution in [0, 0.1) is 17.8 Å². The largest absolute Gasteiger partial charge is 0.384 e. The molecule has 2 aromatic heterocycles. The Kier molecular flexibility index (Phi) is 8.46. The molecule has 2 aliphatic heterocycles. The lowest BCUT2D eigenvalue weighted by molar-refractivity contribution is -0.134. The Morgan fingerprint density at radius 2 is 1.64 bits per heavy atom. The molecular weight excluding hydrogens is 659 g/mol. The lowest BCUT2D eigenvalue weighted by Gasteiger charge is -2.26. The van der Waals surface area contributed by atoms with Gasteiger partial charge >= 0.3 is 0 Å². The average Bonchev–Trinajstić information content (AvgIpc) is 4.00. The first-order chi connectivity index (χ1) is 25.9. The van der Waals surface area contributed by atoms with Gasteiger partial charge in [0.15, 0.2) is 0 Å². The van der Waals surface area contributed by atoms with Gasteiger partial charge in [-0.05, 0) is 86.1 Å². The van der Waals surface area contributed by atoms with Gasteiger partial charge in [0.1, 0.15) is 17.7 Å². The number of carbonyl (C=O) groups excluding carboxylic acids is 1. The van der Waals surface area contributed by atoms with Gasteiger partial charge in [0.05, 0.1) is 40.8 Å². The summed E-state index contributed by atoms with van der Waals surface area (Å²) < 4.78 is 5.52. The Bertz CT molecular complexity index is 2580. The van der Waals surface area contributed by atoms with Crippen LogP contribution in [0.1, 0.15) is 67.1 Å². The highest BCUT2D eigenvalue weighted by atomic mass is 16.5. The summed E-state index contributed by atoms with van der Waals surface area (Å²) in [6.07, 6.45) is 3.05. The number of likely N-dealkylation sites (tertiary alicyclic amines) is 2. The SMILES string of the molecule is CC#Cc1cc2[nH]c(C3CCCN3C)nc2c2ccc(-c3ccc4c(ccc5[nH]c(C6CC(COC)CN6C(=O)[C@H](N)c6ccccc6)nc54)c3)cc12. The number of aromatic amines is 2. The number of fused-ring (bicyclic) bond motifs is 6. The van der Waals surface area contributed by atoms with Crippen LogP contribution in [0.15, 0.2) is 84.9 Å². The molecule has 9 heteroatoms. The lowest BCUT2D eigenvalue weighted by atomic mass is 9.95. The van der Waals surface area contributed by atoms with Crippen molar-refractivity contribution in [3.8, 4) is 23.0 Å². The molecule has 0 saturated carbocycles. The van der Waals surface area contributed by atoms with Gasteiger partial charge < -0.3 is 25.3 Å². The Hall–Kier alpha value is -5.53. The molecule has 1 amide bonds. The van der Waals surface area contributed by atoms with E-state index >= 15 is 0 Å². The van der Waals surface area contributed by atoms with Gasteiger partial charge in [0.25, 0.3) is 0 Å². The Labute approximate surface area is 308 Å². The zero-order valence-electron chi connectivity index (χ0n) is 30.3. The molecule has 7 aromatic rings. The molecule has 4 heterocycles. The van der Waals surface area contributed by atoms with E-state index in [-0.39, 0.29) is 17.9 Å². The summed E-state index contributed by atoms with van der Waals surface area (Å²) in [5, 5.41) is 4.36. The molecule has 3 unspecified atom stereocenters. The number of hydrogen-bond donors (Lipinski definition) is 3. The van der Waals surface area contributed by atoms with Gasteiger partial charge in [0, 0.05) is 41.3 Å². The molecule has 9 rings (SSSR count). The molecule has 9 nitrogen and oxygen atoms in total. The van der Waals surface area contributed by atoms with Crippen molar-refractivity contribution in [1.29, 1.82) is 0 Å². The number of benzene rings is 5. The number of amides is 1. The number of nitrogens with zero attached hydrogens (tertiary/aromatic N) is 4. The second-order valence-corrected chi connectivity index (χ2v) is 14.7. The number of hydrogen-bond acceptors (Lipinski definition) is 6. The van der Waals surface area contributed by atoms with E-state index in [1.807, 2.05) is 42.2 Å². The summed E-state index contributed by atoms with van der Waals surface area (Å²) in [5.41, 5.74) is 14.4. The Morgan fingerprint density at radius 3 is 2.40 bits per heavy atom. The topological polar surface area (TPSA) is 116 Å². The minimum absolute atomic E-state index is 0.104. The minimum Gasteiger partial charge on any atom is -0.384 e. The van der Waals surface area contributed by atoms with E-state index in [4.69, 9.17) is 20.4 Å². The summed E-state index contributed by atoms with van der Waals surface area (Å²) in [5.74, 6) is 8.38. The van der Waals surface area contributed by atoms with E-state index in [1.54, 1.807) is 7.11 Å². The third-order valence-electron chi connectivity index (χ3n) is 11.3. The standard InChI is InChI=1S/C44H43N7O2/c1-4-9-30-23-36-41(49-42(47-36)37-12-8-19-50(37)2)33-17-14-29(22-34(30)33)28-13-16-32-31(21-28)15-18-35-40(32)48-43(46-35)38-20-26(25-53-3)24-51(38)44(52)39(45)27-10-6-5-7-11-27/h5-7,10-11,13-18,21-23,26,37-39H,8,12,19-20,24-25,45H2,1-3H3,(H,46,48)(H,47,49)/t26?,37?,38?,39-/m1/s1. The number of methoxy groups -OCH3 is 1. The fourth-order valence-electron chi connectivity index (χ4n) is 8.66. The van der Waals surface area contributed by atoms with E-state index < -0.39 is 6.04 Å². The molecule has 2 saturated heterocycles. The molecule has 0 bridgehead atoms. The lowest BCUT2D eigenvalue weighted by Crippen LogP contribution is -2.39. The molecular formula is C44H43N7O2. The van der Waals surface area contributed by atoms with Crippen molar-refractivity contribution in [2.45, 2.75) is 44.3 Å². The number of ether oxygens (including phenoxy) is 1. The highest BCUT2D eigenvalue weighted by Crippen LogP contribution is 2.39. The number of carbonyl (C=O) groups is 1. The highest BCUT2D eigenvalue weighted by Gasteiger charge is 2.40. The molecule has 2 aliphatic rings. The van der Waals surface area contributed by atoms with Crippen molar-refractivity contribution >= 4 is 49.5 Å². The molecule has 2 fully saturated rings. The van der Waals surface area contributed by atoms with Crippen LogP contribution in [0.5, 0.6) is 0 Å². The molecule has 266 valence electrons. The van der Waals surface area contributed by atoms with Crippen LogP contribution in [0.2, 0.25) is 0 Å². The maximum atomic E-state index is 13.9. The van der Waals surface area contributed by atoms with Crippen molar-refractivity contribution in [2.24, 2.45) is 11.7 Å². The fraction of sp³-hybridized carbons (Fsp3) is 0.295. The monoisotopic (exact) mass is 701 g/mol. The number of aromatic nitrogens is 4. The summed E-state index contributed by atoms with van der Waals surface area (Å²) in [6.45, 7) is 4.12. The predicted octanol–water partition coefficient (Wildman–Crippen LogP) is 7.79. The van der Waals surface area contributed by atoms with Crippen LogP contribution >= 0.6 is 0 Å². The van der Waals surface area contributed by atoms with Crippen molar-refractivity contribution < 1.29 is 9.53 Å². The van der Waals surface area contributed by atoms with Crippen LogP contribution in [0.4, 0.5) is 0 Å². The van der Waals surface area contributed by atoms with Crippen LogP contribution in [-0.4, -0.2) is 69.5 Å². The quantitative estimate of drug-likeness (QED) is 0.146. The zero-order valence-corrected chi connectivity index (χ0v) is 30.3. The van der Waals surface area contributed by atoms with Gasteiger partial charge in [-0.25, -0.2) is 9.97 Å². The first-order valence-corrected chi connectivity index (χ1v) is 18.5. The Balaban J connectivity index is 1.06. The van der Waals surface area contributed by atoms with Crippen LogP contribution in [-0.2, 0) is 9.53 Å². The highest BCUT2D eigenvalue weighted by molar-refractivity contribution is 6.09. The van der Waals surface area contributed by atoms with Gasteiger partial charge in [-0.1, -0.05) is 66.6 Å². The maximum Gasteiger partial charge on any atom is 0.244 e. The third-order valence-corrected chi connectivity index (χ3v) is 11.3. The molecule has 0 aliphatic carbocycles. The minimum atomic E-state index is -0.745. The molecule has 5 aromatic carbocycles. The number of nitrogens with two attached hydrogens (primary N) is 1. The number of nitrogens with one attached hydrogen (secondary N) is 2. The van der Waals surface area contributed by atoms with Crippen molar-refractivity contribution in [1.82, 2.24) is 29.7 Å².